The lowest BCUT2D eigenvalue weighted by molar-refractivity contribution is -0.165. The first kappa shape index (κ1) is 17.9. The second-order valence-corrected chi connectivity index (χ2v) is 5.89. The molecule has 26 heavy (non-hydrogen) atoms. The number of ether oxygens (including phenoxy) is 3. The van der Waals surface area contributed by atoms with E-state index in [1.54, 1.807) is 0 Å². The van der Waals surface area contributed by atoms with Gasteiger partial charge in [-0.3, -0.25) is 9.59 Å². The Kier molecular flexibility index (Phi) is 4.64. The molecule has 11 nitrogen and oxygen atoms in total. The minimum Gasteiger partial charge on any atom is -0.456 e. The van der Waals surface area contributed by atoms with Gasteiger partial charge in [0.15, 0.2) is 24.1 Å². The summed E-state index contributed by atoms with van der Waals surface area (Å²) in [6.45, 7) is 4.29. The van der Waals surface area contributed by atoms with Crippen LogP contribution in [0.25, 0.3) is 11.2 Å². The van der Waals surface area contributed by atoms with Crippen LogP contribution >= 0.6 is 0 Å². The minimum atomic E-state index is -1.04. The van der Waals surface area contributed by atoms with E-state index in [9.17, 15) is 14.4 Å². The number of nitrogens with two attached hydrogens (primary N) is 1. The van der Waals surface area contributed by atoms with E-state index in [2.05, 4.69) is 15.0 Å². The van der Waals surface area contributed by atoms with E-state index in [0.717, 1.165) is 0 Å². The molecule has 11 heteroatoms. The second kappa shape index (κ2) is 6.75. The van der Waals surface area contributed by atoms with Crippen LogP contribution in [0.3, 0.4) is 0 Å². The fraction of sp³-hybridized carbons (Fsp3) is 0.533. The van der Waals surface area contributed by atoms with E-state index in [1.165, 1.54) is 24.6 Å². The Morgan fingerprint density at radius 1 is 1.31 bits per heavy atom. The molecule has 2 aromatic rings. The molecule has 3 N–H and O–H groups in total. The number of carbonyl (C=O) groups is 2. The van der Waals surface area contributed by atoms with Gasteiger partial charge in [0, 0.05) is 13.8 Å². The van der Waals surface area contributed by atoms with E-state index >= 15 is 0 Å². The third kappa shape index (κ3) is 3.12. The number of H-pyrrole nitrogens is 1. The number of carbonyl (C=O) groups excluding carboxylic acids is 2. The van der Waals surface area contributed by atoms with Crippen molar-refractivity contribution in [1.82, 2.24) is 19.5 Å². The third-order valence-electron chi connectivity index (χ3n) is 4.02. The van der Waals surface area contributed by atoms with E-state index in [1.807, 2.05) is 6.92 Å². The number of anilines is 1. The molecule has 1 fully saturated rings. The molecule has 3 heterocycles. The predicted molar refractivity (Wildman–Crippen MR) is 87.9 cm³/mol. The van der Waals surface area contributed by atoms with Crippen molar-refractivity contribution in [2.24, 2.45) is 0 Å². The van der Waals surface area contributed by atoms with Crippen LogP contribution in [0, 0.1) is 0 Å². The zero-order valence-corrected chi connectivity index (χ0v) is 14.5. The van der Waals surface area contributed by atoms with Gasteiger partial charge in [0.2, 0.25) is 5.95 Å². The van der Waals surface area contributed by atoms with Crippen molar-refractivity contribution >= 4 is 29.1 Å². The standard InChI is InChI=1S/C15H19N5O6/c1-4-9-10(24-6(2)21)11(25-7(3)22)13(26-9)20-12-8(18-15(20)23)5-17-14(16)19-12/h5,9-11,13H,4H2,1-3H3,(H,18,23)(H2,16,17,19)/t9-,10+,11-,13-/m1/s1. The topological polar surface area (TPSA) is 151 Å². The molecule has 0 unspecified atom stereocenters. The van der Waals surface area contributed by atoms with Crippen molar-refractivity contribution in [3.05, 3.63) is 16.7 Å². The SMILES string of the molecule is CC[C@H]1O[C@@H](n2c(=O)[nH]c3cnc(N)nc32)[C@H](OC(C)=O)[C@H]1OC(C)=O. The molecule has 2 aromatic heterocycles. The third-order valence-corrected chi connectivity index (χ3v) is 4.02. The lowest BCUT2D eigenvalue weighted by Gasteiger charge is -2.23. The highest BCUT2D eigenvalue weighted by molar-refractivity contribution is 5.71. The van der Waals surface area contributed by atoms with Crippen LogP contribution < -0.4 is 11.4 Å². The Morgan fingerprint density at radius 2 is 1.96 bits per heavy atom. The quantitative estimate of drug-likeness (QED) is 0.706. The fourth-order valence-electron chi connectivity index (χ4n) is 3.06. The first-order valence-electron chi connectivity index (χ1n) is 8.04. The summed E-state index contributed by atoms with van der Waals surface area (Å²) >= 11 is 0. The van der Waals surface area contributed by atoms with Crippen molar-refractivity contribution in [2.75, 3.05) is 5.73 Å². The smallest absolute Gasteiger partial charge is 0.330 e. The van der Waals surface area contributed by atoms with Gasteiger partial charge in [-0.05, 0) is 6.42 Å². The molecule has 0 radical (unpaired) electrons. The monoisotopic (exact) mass is 365 g/mol. The lowest BCUT2D eigenvalue weighted by Crippen LogP contribution is -2.40. The Morgan fingerprint density at radius 3 is 2.58 bits per heavy atom. The molecule has 140 valence electrons. The molecule has 3 rings (SSSR count). The van der Waals surface area contributed by atoms with Crippen LogP contribution in [0.5, 0.6) is 0 Å². The van der Waals surface area contributed by atoms with Crippen LogP contribution in [-0.4, -0.2) is 49.8 Å². The molecule has 1 saturated heterocycles. The Labute approximate surface area is 147 Å². The number of nitrogen functional groups attached to an aromatic ring is 1. The Hall–Kier alpha value is -2.95. The van der Waals surface area contributed by atoms with Gasteiger partial charge in [-0.1, -0.05) is 6.92 Å². The predicted octanol–water partition coefficient (Wildman–Crippen LogP) is -0.127. The average molecular weight is 365 g/mol. The van der Waals surface area contributed by atoms with Gasteiger partial charge in [-0.2, -0.15) is 4.98 Å². The van der Waals surface area contributed by atoms with Gasteiger partial charge in [0.25, 0.3) is 0 Å². The fourth-order valence-corrected chi connectivity index (χ4v) is 3.06. The number of nitrogens with one attached hydrogen (secondary N) is 1. The van der Waals surface area contributed by atoms with E-state index < -0.39 is 42.2 Å². The Balaban J connectivity index is 2.11. The lowest BCUT2D eigenvalue weighted by atomic mass is 10.1. The van der Waals surface area contributed by atoms with Crippen LogP contribution in [-0.2, 0) is 23.8 Å². The van der Waals surface area contributed by atoms with E-state index in [0.29, 0.717) is 11.9 Å². The molecule has 0 aromatic carbocycles. The zero-order valence-electron chi connectivity index (χ0n) is 14.5. The van der Waals surface area contributed by atoms with E-state index in [-0.39, 0.29) is 11.6 Å². The van der Waals surface area contributed by atoms with Gasteiger partial charge in [0.1, 0.15) is 11.6 Å². The van der Waals surface area contributed by atoms with Crippen molar-refractivity contribution in [2.45, 2.75) is 51.7 Å². The summed E-state index contributed by atoms with van der Waals surface area (Å²) in [5.41, 5.74) is 5.62. The van der Waals surface area contributed by atoms with Crippen LogP contribution in [0.15, 0.2) is 11.0 Å². The number of hydrogen-bond donors (Lipinski definition) is 2. The van der Waals surface area contributed by atoms with Gasteiger partial charge < -0.3 is 24.9 Å². The molecule has 0 amide bonds. The summed E-state index contributed by atoms with van der Waals surface area (Å²) in [6, 6.07) is 0. The maximum atomic E-state index is 12.5. The highest BCUT2D eigenvalue weighted by Crippen LogP contribution is 2.35. The molecular formula is C15H19N5O6. The summed E-state index contributed by atoms with van der Waals surface area (Å²) in [5, 5.41) is 0. The summed E-state index contributed by atoms with van der Waals surface area (Å²) in [7, 11) is 0. The second-order valence-electron chi connectivity index (χ2n) is 5.89. The minimum absolute atomic E-state index is 0.0316. The van der Waals surface area contributed by atoms with Crippen LogP contribution in [0.1, 0.15) is 33.4 Å². The Bertz CT molecular complexity index is 906. The molecule has 0 saturated carbocycles. The number of hydrogen-bond acceptors (Lipinski definition) is 9. The van der Waals surface area contributed by atoms with Crippen molar-refractivity contribution < 1.29 is 23.8 Å². The summed E-state index contributed by atoms with van der Waals surface area (Å²) in [6.07, 6.45) is -1.64. The van der Waals surface area contributed by atoms with Crippen LogP contribution in [0.4, 0.5) is 5.95 Å². The largest absolute Gasteiger partial charge is 0.456 e. The first-order valence-corrected chi connectivity index (χ1v) is 8.04. The van der Waals surface area contributed by atoms with Crippen molar-refractivity contribution in [1.29, 1.82) is 0 Å². The number of esters is 2. The number of fused-ring (bicyclic) bond motifs is 1. The van der Waals surface area contributed by atoms with Crippen molar-refractivity contribution in [3.8, 4) is 0 Å². The summed E-state index contributed by atoms with van der Waals surface area (Å²) in [5.74, 6) is -1.18. The summed E-state index contributed by atoms with van der Waals surface area (Å²) in [4.78, 5) is 46.0. The molecule has 0 aliphatic carbocycles. The number of aromatic amines is 1. The number of rotatable bonds is 4. The molecule has 0 spiro atoms. The molecule has 4 atom stereocenters. The molecule has 1 aliphatic rings. The highest BCUT2D eigenvalue weighted by Gasteiger charge is 2.50. The maximum Gasteiger partial charge on any atom is 0.330 e. The van der Waals surface area contributed by atoms with Gasteiger partial charge >= 0.3 is 17.6 Å². The summed E-state index contributed by atoms with van der Waals surface area (Å²) < 4.78 is 17.7. The number of nitrogens with zero attached hydrogens (tertiary/aromatic N) is 3. The van der Waals surface area contributed by atoms with Crippen LogP contribution in [0.2, 0.25) is 0 Å². The van der Waals surface area contributed by atoms with Gasteiger partial charge in [-0.15, -0.1) is 0 Å². The molecule has 0 bridgehead atoms. The number of imidazole rings is 1. The van der Waals surface area contributed by atoms with Crippen molar-refractivity contribution in [3.63, 3.8) is 0 Å². The van der Waals surface area contributed by atoms with Gasteiger partial charge in [0.05, 0.1) is 6.20 Å². The average Bonchev–Trinajstić information content (AvgIpc) is 3.03. The maximum absolute atomic E-state index is 12.5. The number of aromatic nitrogens is 4. The molecular weight excluding hydrogens is 346 g/mol. The highest BCUT2D eigenvalue weighted by atomic mass is 16.6. The molecule has 1 aliphatic heterocycles. The first-order chi connectivity index (χ1) is 12.3. The zero-order chi connectivity index (χ0) is 19.0. The van der Waals surface area contributed by atoms with Gasteiger partial charge in [-0.25, -0.2) is 14.3 Å². The van der Waals surface area contributed by atoms with E-state index in [4.69, 9.17) is 19.9 Å². The normalized spacial score (nSPS) is 25.3.